The molecule has 3 aromatic rings. The molecular weight excluding hydrogens is 432 g/mol. The Morgan fingerprint density at radius 1 is 1.27 bits per heavy atom. The summed E-state index contributed by atoms with van der Waals surface area (Å²) in [5.41, 5.74) is -0.408. The van der Waals surface area contributed by atoms with Gasteiger partial charge in [0.05, 0.1) is 10.3 Å². The second-order valence-electron chi connectivity index (χ2n) is 6.59. The summed E-state index contributed by atoms with van der Waals surface area (Å²) in [6.07, 6.45) is 2.92. The summed E-state index contributed by atoms with van der Waals surface area (Å²) in [6, 6.07) is 7.60. The number of carbonyl (C=O) groups excluding carboxylic acids is 1. The number of amides is 1. The van der Waals surface area contributed by atoms with Crippen molar-refractivity contribution in [1.82, 2.24) is 15.3 Å². The Balaban J connectivity index is 1.62. The highest BCUT2D eigenvalue weighted by Gasteiger charge is 2.19. The lowest BCUT2D eigenvalue weighted by Crippen LogP contribution is -2.30. The average molecular weight is 451 g/mol. The molecule has 0 radical (unpaired) electrons. The second-order valence-corrected chi connectivity index (χ2v) is 8.55. The maximum absolute atomic E-state index is 12.4. The van der Waals surface area contributed by atoms with Crippen molar-refractivity contribution in [3.05, 3.63) is 63.0 Å². The molecule has 0 saturated heterocycles. The van der Waals surface area contributed by atoms with Crippen LogP contribution in [-0.4, -0.2) is 35.9 Å². The van der Waals surface area contributed by atoms with Crippen molar-refractivity contribution < 1.29 is 18.3 Å². The van der Waals surface area contributed by atoms with Crippen LogP contribution in [0.15, 0.2) is 46.2 Å². The van der Waals surface area contributed by atoms with Crippen molar-refractivity contribution in [2.45, 2.75) is 24.2 Å². The first kappa shape index (κ1) is 21.8. The summed E-state index contributed by atoms with van der Waals surface area (Å²) in [6.45, 7) is 0.223. The molecule has 0 aliphatic rings. The fourth-order valence-electron chi connectivity index (χ4n) is 3.05. The van der Waals surface area contributed by atoms with Gasteiger partial charge in [0.25, 0.3) is 11.5 Å². The van der Waals surface area contributed by atoms with Crippen LogP contribution in [-0.2, 0) is 16.4 Å². The summed E-state index contributed by atoms with van der Waals surface area (Å²) < 4.78 is 23.4. The van der Waals surface area contributed by atoms with E-state index < -0.39 is 27.2 Å². The van der Waals surface area contributed by atoms with Gasteiger partial charge in [0.2, 0.25) is 10.0 Å². The molecule has 0 unspecified atom stereocenters. The van der Waals surface area contributed by atoms with Gasteiger partial charge in [0.15, 0.2) is 0 Å². The number of aromatic nitrogens is 2. The molecule has 0 aliphatic carbocycles. The fourth-order valence-corrected chi connectivity index (χ4v) is 4.11. The molecular formula is C19H19ClN4O5S. The van der Waals surface area contributed by atoms with Gasteiger partial charge in [-0.05, 0) is 49.1 Å². The second kappa shape index (κ2) is 8.82. The summed E-state index contributed by atoms with van der Waals surface area (Å²) in [5.74, 6) is -1.14. The Morgan fingerprint density at radius 2 is 2.03 bits per heavy atom. The summed E-state index contributed by atoms with van der Waals surface area (Å²) in [5, 5.41) is 18.6. The van der Waals surface area contributed by atoms with Crippen LogP contribution in [0, 0.1) is 0 Å². The number of hydrogen-bond acceptors (Lipinski definition) is 6. The smallest absolute Gasteiger partial charge is 0.266 e. The molecule has 2 heterocycles. The van der Waals surface area contributed by atoms with E-state index in [1.165, 1.54) is 12.3 Å². The number of aromatic amines is 1. The van der Waals surface area contributed by atoms with Crippen molar-refractivity contribution in [3.8, 4) is 5.75 Å². The van der Waals surface area contributed by atoms with Gasteiger partial charge in [-0.1, -0.05) is 17.7 Å². The van der Waals surface area contributed by atoms with Gasteiger partial charge in [0.1, 0.15) is 17.0 Å². The van der Waals surface area contributed by atoms with E-state index in [1.54, 1.807) is 24.3 Å². The Kier molecular flexibility index (Phi) is 6.40. The molecule has 0 fully saturated rings. The zero-order valence-corrected chi connectivity index (χ0v) is 17.3. The van der Waals surface area contributed by atoms with Crippen LogP contribution >= 0.6 is 11.6 Å². The quantitative estimate of drug-likeness (QED) is 0.401. The zero-order valence-electron chi connectivity index (χ0n) is 15.7. The Morgan fingerprint density at radius 3 is 2.77 bits per heavy atom. The van der Waals surface area contributed by atoms with E-state index in [1.807, 2.05) is 0 Å². The van der Waals surface area contributed by atoms with E-state index in [4.69, 9.17) is 16.7 Å². The van der Waals surface area contributed by atoms with Crippen LogP contribution in [0.5, 0.6) is 5.75 Å². The molecule has 1 amide bonds. The largest absolute Gasteiger partial charge is 0.506 e. The summed E-state index contributed by atoms with van der Waals surface area (Å²) in [7, 11) is -3.90. The van der Waals surface area contributed by atoms with Crippen molar-refractivity contribution in [3.63, 3.8) is 0 Å². The van der Waals surface area contributed by atoms with Crippen molar-refractivity contribution in [2.75, 3.05) is 6.54 Å². The van der Waals surface area contributed by atoms with Gasteiger partial charge in [-0.15, -0.1) is 0 Å². The third-order valence-corrected chi connectivity index (χ3v) is 5.71. The van der Waals surface area contributed by atoms with Crippen LogP contribution in [0.25, 0.3) is 11.0 Å². The number of pyridine rings is 2. The number of sulfonamides is 1. The molecule has 5 N–H and O–H groups in total. The number of aromatic hydroxyl groups is 1. The van der Waals surface area contributed by atoms with Gasteiger partial charge >= 0.3 is 0 Å². The Labute approximate surface area is 177 Å². The monoisotopic (exact) mass is 450 g/mol. The van der Waals surface area contributed by atoms with E-state index in [9.17, 15) is 23.1 Å². The standard InChI is InChI=1S/C19H19ClN4O5S/c20-12-7-6-11(14(10-12)30(21,28)29)4-1-2-8-23-18(26)15-16(25)13-5-3-9-22-17(13)24-19(15)27/h3,5-7,9-10H,1-2,4,8H2,(H,23,26)(H2,21,28,29)(H2,22,24,25,27). The third kappa shape index (κ3) is 4.78. The number of carbonyl (C=O) groups is 1. The average Bonchev–Trinajstić information content (AvgIpc) is 2.68. The Bertz CT molecular complexity index is 1270. The maximum atomic E-state index is 12.4. The number of fused-ring (bicyclic) bond motifs is 1. The van der Waals surface area contributed by atoms with Crippen LogP contribution < -0.4 is 16.0 Å². The van der Waals surface area contributed by atoms with E-state index in [2.05, 4.69) is 15.3 Å². The number of nitrogens with one attached hydrogen (secondary N) is 2. The molecule has 30 heavy (non-hydrogen) atoms. The molecule has 0 spiro atoms. The number of nitrogens with zero attached hydrogens (tertiary/aromatic N) is 1. The van der Waals surface area contributed by atoms with Gasteiger partial charge in [-0.3, -0.25) is 9.59 Å². The highest BCUT2D eigenvalue weighted by atomic mass is 35.5. The van der Waals surface area contributed by atoms with E-state index in [-0.39, 0.29) is 33.1 Å². The third-order valence-electron chi connectivity index (χ3n) is 4.48. The van der Waals surface area contributed by atoms with Crippen LogP contribution in [0.3, 0.4) is 0 Å². The SMILES string of the molecule is NS(=O)(=O)c1cc(Cl)ccc1CCCCNC(=O)c1c(O)c2cccnc2[nH]c1=O. The lowest BCUT2D eigenvalue weighted by atomic mass is 10.1. The normalized spacial score (nSPS) is 11.5. The number of rotatable bonds is 7. The number of H-pyrrole nitrogens is 1. The molecule has 11 heteroatoms. The number of aryl methyl sites for hydroxylation is 1. The van der Waals surface area contributed by atoms with Crippen LogP contribution in [0.4, 0.5) is 0 Å². The molecule has 0 aliphatic heterocycles. The topological polar surface area (TPSA) is 155 Å². The Hall–Kier alpha value is -2.95. The minimum atomic E-state index is -3.90. The first-order valence-corrected chi connectivity index (χ1v) is 10.9. The first-order chi connectivity index (χ1) is 14.2. The van der Waals surface area contributed by atoms with Crippen molar-refractivity contribution in [2.24, 2.45) is 5.14 Å². The van der Waals surface area contributed by atoms with Gasteiger partial charge in [-0.2, -0.15) is 0 Å². The molecule has 2 aromatic heterocycles. The van der Waals surface area contributed by atoms with Crippen LogP contribution in [0.1, 0.15) is 28.8 Å². The van der Waals surface area contributed by atoms with E-state index >= 15 is 0 Å². The maximum Gasteiger partial charge on any atom is 0.266 e. The highest BCUT2D eigenvalue weighted by molar-refractivity contribution is 7.89. The minimum Gasteiger partial charge on any atom is -0.506 e. The zero-order chi connectivity index (χ0) is 21.9. The van der Waals surface area contributed by atoms with Gasteiger partial charge in [-0.25, -0.2) is 18.5 Å². The predicted molar refractivity (Wildman–Crippen MR) is 112 cm³/mol. The first-order valence-electron chi connectivity index (χ1n) is 8.98. The van der Waals surface area contributed by atoms with Gasteiger partial charge in [0, 0.05) is 17.8 Å². The highest BCUT2D eigenvalue weighted by Crippen LogP contribution is 2.23. The molecule has 158 valence electrons. The number of hydrogen-bond donors (Lipinski definition) is 4. The lowest BCUT2D eigenvalue weighted by Gasteiger charge is -2.10. The number of primary sulfonamides is 1. The molecule has 0 saturated carbocycles. The molecule has 3 rings (SSSR count). The van der Waals surface area contributed by atoms with E-state index in [0.29, 0.717) is 24.8 Å². The number of benzene rings is 1. The predicted octanol–water partition coefficient (Wildman–Crippen LogP) is 1.68. The lowest BCUT2D eigenvalue weighted by molar-refractivity contribution is 0.0949. The molecule has 0 bridgehead atoms. The van der Waals surface area contributed by atoms with Gasteiger partial charge < -0.3 is 15.4 Å². The minimum absolute atomic E-state index is 0.0275. The van der Waals surface area contributed by atoms with E-state index in [0.717, 1.165) is 0 Å². The number of halogens is 1. The summed E-state index contributed by atoms with van der Waals surface area (Å²) >= 11 is 5.84. The molecule has 1 aromatic carbocycles. The number of unbranched alkanes of at least 4 members (excludes halogenated alkanes) is 1. The fraction of sp³-hybridized carbons (Fsp3) is 0.211. The van der Waals surface area contributed by atoms with Crippen molar-refractivity contribution in [1.29, 1.82) is 0 Å². The van der Waals surface area contributed by atoms with Crippen molar-refractivity contribution >= 4 is 38.6 Å². The summed E-state index contributed by atoms with van der Waals surface area (Å²) in [4.78, 5) is 30.9. The molecule has 0 atom stereocenters. The molecule has 9 nitrogen and oxygen atoms in total. The van der Waals surface area contributed by atoms with Crippen LogP contribution in [0.2, 0.25) is 5.02 Å². The number of nitrogens with two attached hydrogens (primary N) is 1.